The maximum atomic E-state index is 8.74. The van der Waals surface area contributed by atoms with Crippen LogP contribution in [0, 0.1) is 0 Å². The van der Waals surface area contributed by atoms with Crippen molar-refractivity contribution < 1.29 is 14.4 Å². The van der Waals surface area contributed by atoms with Crippen LogP contribution in [0.2, 0.25) is 0 Å². The fourth-order valence-corrected chi connectivity index (χ4v) is 0. The van der Waals surface area contributed by atoms with Crippen LogP contribution in [-0.4, -0.2) is 98.5 Å². The average molecular weight is 154 g/mol. The molecule has 0 aromatic carbocycles. The monoisotopic (exact) mass is 154 g/mol. The molecule has 0 aromatic heterocycles. The number of rotatable bonds is 0. The molecule has 2 N–H and O–H groups in total. The van der Waals surface area contributed by atoms with Gasteiger partial charge in [-0.3, -0.25) is 4.57 Å². The Hall–Kier alpha value is 3.15. The molecule has 0 saturated carbocycles. The molecule has 0 atom stereocenters. The van der Waals surface area contributed by atoms with Crippen LogP contribution in [0.15, 0.2) is 0 Å². The van der Waals surface area contributed by atoms with Gasteiger partial charge in [0, 0.05) is 0 Å². The van der Waals surface area contributed by atoms with Gasteiger partial charge in [0.1, 0.15) is 0 Å². The Morgan fingerprint density at radius 3 is 1.00 bits per heavy atom. The van der Waals surface area contributed by atoms with Crippen molar-refractivity contribution in [2.75, 3.05) is 0 Å². The van der Waals surface area contributed by atoms with E-state index in [4.69, 9.17) is 14.4 Å². The van der Waals surface area contributed by atoms with Crippen molar-refractivity contribution in [3.05, 3.63) is 0 Å². The maximum absolute atomic E-state index is 8.74. The first-order valence-corrected chi connectivity index (χ1v) is 1.95. The van der Waals surface area contributed by atoms with Crippen LogP contribution in [0.3, 0.4) is 0 Å². The molecular formula is H6Na3O3P. The van der Waals surface area contributed by atoms with Gasteiger partial charge in [-0.05, 0) is 0 Å². The zero-order valence-corrected chi connectivity index (χ0v) is 2.80. The molecule has 0 aliphatic carbocycles. The third-order valence-corrected chi connectivity index (χ3v) is 0. The summed E-state index contributed by atoms with van der Waals surface area (Å²) in [6, 6.07) is 0. The molecule has 0 spiro atoms. The Kier molecular flexibility index (Phi) is 51.6. The first kappa shape index (κ1) is 22.5. The third kappa shape index (κ3) is 47.1. The molecule has 0 amide bonds. The van der Waals surface area contributed by atoms with Crippen LogP contribution in [0.5, 0.6) is 0 Å². The molecule has 0 fully saturated rings. The fraction of sp³-hybridized carbons (Fsp3) is 0. The van der Waals surface area contributed by atoms with Crippen molar-refractivity contribution in [1.29, 1.82) is 0 Å². The van der Waals surface area contributed by atoms with E-state index in [2.05, 4.69) is 0 Å². The molecule has 3 nitrogen and oxygen atoms in total. The summed E-state index contributed by atoms with van der Waals surface area (Å²) in [4.78, 5) is 14.3. The van der Waals surface area contributed by atoms with E-state index in [-0.39, 0.29) is 88.7 Å². The molecule has 0 aromatic rings. The minimum absolute atomic E-state index is 0. The predicted octanol–water partition coefficient (Wildman–Crippen LogP) is -2.58. The Morgan fingerprint density at radius 2 is 1.00 bits per heavy atom. The first-order valence-electron chi connectivity index (χ1n) is 0.651. The molecule has 0 aliphatic rings. The summed E-state index contributed by atoms with van der Waals surface area (Å²) < 4.78 is 8.74. The second-order valence-corrected chi connectivity index (χ2v) is 0.848. The summed E-state index contributed by atoms with van der Waals surface area (Å²) in [6.45, 7) is 0. The van der Waals surface area contributed by atoms with Crippen LogP contribution in [0.4, 0.5) is 0 Å². The Labute approximate surface area is 109 Å². The summed E-state index contributed by atoms with van der Waals surface area (Å²) >= 11 is 0. The van der Waals surface area contributed by atoms with Crippen LogP contribution < -0.4 is 0 Å². The first-order chi connectivity index (χ1) is 1.73. The molecule has 0 heterocycles. The van der Waals surface area contributed by atoms with Crippen molar-refractivity contribution in [2.45, 2.75) is 0 Å². The summed E-state index contributed by atoms with van der Waals surface area (Å²) in [7, 11) is -3.13. The quantitative estimate of drug-likeness (QED) is 0.297. The van der Waals surface area contributed by atoms with Crippen molar-refractivity contribution >= 4 is 96.9 Å². The SMILES string of the molecule is O=[PH](O)O.[NaH].[NaH].[NaH]. The molecule has 0 bridgehead atoms. The van der Waals surface area contributed by atoms with E-state index in [1.165, 1.54) is 0 Å². The molecule has 0 aliphatic heterocycles. The van der Waals surface area contributed by atoms with Gasteiger partial charge in [-0.25, -0.2) is 0 Å². The Balaban J connectivity index is -0.0000000150. The molecule has 0 unspecified atom stereocenters. The molecule has 0 radical (unpaired) electrons. The van der Waals surface area contributed by atoms with Gasteiger partial charge < -0.3 is 9.79 Å². The Morgan fingerprint density at radius 1 is 1.00 bits per heavy atom. The van der Waals surface area contributed by atoms with E-state index in [0.717, 1.165) is 0 Å². The van der Waals surface area contributed by atoms with Gasteiger partial charge in [-0.2, -0.15) is 0 Å². The van der Waals surface area contributed by atoms with Gasteiger partial charge in [0.2, 0.25) is 0 Å². The van der Waals surface area contributed by atoms with Crippen LogP contribution in [0.25, 0.3) is 0 Å². The molecule has 0 rings (SSSR count). The summed E-state index contributed by atoms with van der Waals surface area (Å²) in [5.74, 6) is 0. The third-order valence-electron chi connectivity index (χ3n) is 0. The second-order valence-electron chi connectivity index (χ2n) is 0.283. The number of hydrogen-bond donors (Lipinski definition) is 2. The zero-order valence-electron chi connectivity index (χ0n) is 1.80. The van der Waals surface area contributed by atoms with Gasteiger partial charge in [0.15, 0.2) is 0 Å². The van der Waals surface area contributed by atoms with Crippen molar-refractivity contribution in [1.82, 2.24) is 0 Å². The summed E-state index contributed by atoms with van der Waals surface area (Å²) in [6.07, 6.45) is 0. The standard InChI is InChI=1S/3Na.H3O3P.3H/c;;;1-4(2)3;;;/h;;;4H,(H2,1,2,3);;;. The fourth-order valence-electron chi connectivity index (χ4n) is 0. The minimum atomic E-state index is -3.13. The van der Waals surface area contributed by atoms with E-state index < -0.39 is 8.25 Å². The molecule has 7 heteroatoms. The van der Waals surface area contributed by atoms with E-state index in [1.807, 2.05) is 0 Å². The molecular weight excluding hydrogens is 148 g/mol. The molecule has 0 saturated heterocycles. The summed E-state index contributed by atoms with van der Waals surface area (Å²) in [5, 5.41) is 0. The Bertz CT molecular complexity index is 33.2. The average Bonchev–Trinajstić information content (AvgIpc) is 0.811. The van der Waals surface area contributed by atoms with Crippen LogP contribution in [-0.2, 0) is 4.57 Å². The molecule has 32 valence electrons. The van der Waals surface area contributed by atoms with Crippen molar-refractivity contribution in [2.24, 2.45) is 0 Å². The van der Waals surface area contributed by atoms with Gasteiger partial charge in [0.05, 0.1) is 0 Å². The van der Waals surface area contributed by atoms with E-state index in [0.29, 0.717) is 0 Å². The predicted molar refractivity (Wildman–Crippen MR) is 34.9 cm³/mol. The van der Waals surface area contributed by atoms with Gasteiger partial charge in [0.25, 0.3) is 0 Å². The van der Waals surface area contributed by atoms with E-state index in [1.54, 1.807) is 0 Å². The summed E-state index contributed by atoms with van der Waals surface area (Å²) in [5.41, 5.74) is 0. The van der Waals surface area contributed by atoms with Crippen LogP contribution >= 0.6 is 8.25 Å². The normalized spacial score (nSPS) is 5.00. The topological polar surface area (TPSA) is 57.5 Å². The number of hydrogen-bond acceptors (Lipinski definition) is 1. The second kappa shape index (κ2) is 16.1. The van der Waals surface area contributed by atoms with Crippen LogP contribution in [0.1, 0.15) is 0 Å². The van der Waals surface area contributed by atoms with Gasteiger partial charge >= 0.3 is 96.9 Å². The van der Waals surface area contributed by atoms with Gasteiger partial charge in [-0.15, -0.1) is 0 Å². The van der Waals surface area contributed by atoms with E-state index in [9.17, 15) is 0 Å². The van der Waals surface area contributed by atoms with Crippen molar-refractivity contribution in [3.63, 3.8) is 0 Å². The zero-order chi connectivity index (χ0) is 3.58. The molecule has 7 heavy (non-hydrogen) atoms. The van der Waals surface area contributed by atoms with Crippen molar-refractivity contribution in [3.8, 4) is 0 Å². The van der Waals surface area contributed by atoms with E-state index >= 15 is 0 Å². The van der Waals surface area contributed by atoms with Gasteiger partial charge in [-0.1, -0.05) is 0 Å².